The summed E-state index contributed by atoms with van der Waals surface area (Å²) in [5, 5.41) is 9.82. The summed E-state index contributed by atoms with van der Waals surface area (Å²) in [6.07, 6.45) is 1.48. The van der Waals surface area contributed by atoms with Crippen molar-refractivity contribution in [1.29, 1.82) is 0 Å². The smallest absolute Gasteiger partial charge is 0.349 e. The van der Waals surface area contributed by atoms with E-state index in [0.717, 1.165) is 0 Å². The number of nitrogens with zero attached hydrogens (tertiary/aromatic N) is 1. The number of aromatic amines is 1. The summed E-state index contributed by atoms with van der Waals surface area (Å²) in [6.45, 7) is 1.77. The average molecular weight is 269 g/mol. The fourth-order valence-corrected chi connectivity index (χ4v) is 1.89. The lowest BCUT2D eigenvalue weighted by Crippen LogP contribution is -2.20. The van der Waals surface area contributed by atoms with Gasteiger partial charge >= 0.3 is 5.63 Å². The van der Waals surface area contributed by atoms with Crippen LogP contribution in [0.15, 0.2) is 45.7 Å². The first kappa shape index (κ1) is 12.2. The molecular weight excluding hydrogens is 258 g/mol. The summed E-state index contributed by atoms with van der Waals surface area (Å²) in [4.78, 5) is 24.0. The van der Waals surface area contributed by atoms with E-state index in [9.17, 15) is 9.59 Å². The number of para-hydroxylation sites is 1. The van der Waals surface area contributed by atoms with Gasteiger partial charge in [0.1, 0.15) is 11.1 Å². The highest BCUT2D eigenvalue weighted by molar-refractivity contribution is 6.05. The fraction of sp³-hybridized carbons (Fsp3) is 0.0714. The summed E-state index contributed by atoms with van der Waals surface area (Å²) in [5.74, 6) is -0.519. The maximum absolute atomic E-state index is 12.1. The number of hydrogen-bond acceptors (Lipinski definition) is 4. The van der Waals surface area contributed by atoms with E-state index in [1.165, 1.54) is 12.3 Å². The van der Waals surface area contributed by atoms with Gasteiger partial charge in [-0.1, -0.05) is 18.2 Å². The summed E-state index contributed by atoms with van der Waals surface area (Å²) in [7, 11) is 0. The number of fused-ring (bicyclic) bond motifs is 1. The highest BCUT2D eigenvalue weighted by atomic mass is 16.4. The number of amides is 1. The number of anilines is 1. The maximum Gasteiger partial charge on any atom is 0.349 e. The monoisotopic (exact) mass is 269 g/mol. The molecule has 3 aromatic rings. The second-order valence-electron chi connectivity index (χ2n) is 4.35. The minimum Gasteiger partial charge on any atom is -0.422 e. The molecule has 0 bridgehead atoms. The summed E-state index contributed by atoms with van der Waals surface area (Å²) in [5.41, 5.74) is 0.992. The van der Waals surface area contributed by atoms with Crippen molar-refractivity contribution in [2.24, 2.45) is 0 Å². The third kappa shape index (κ3) is 2.07. The predicted molar refractivity (Wildman–Crippen MR) is 73.8 cm³/mol. The number of rotatable bonds is 2. The van der Waals surface area contributed by atoms with Crippen LogP contribution < -0.4 is 10.9 Å². The Balaban J connectivity index is 2.01. The molecule has 0 aliphatic carbocycles. The van der Waals surface area contributed by atoms with E-state index >= 15 is 0 Å². The van der Waals surface area contributed by atoms with Crippen LogP contribution in [0.5, 0.6) is 0 Å². The standard InChI is InChI=1S/C14H11N3O3/c1-8-11(7-15-17-8)16-13(18)10-6-9-4-2-3-5-12(9)20-14(10)19/h2-7H,1H3,(H,15,17)(H,16,18). The Kier molecular flexibility index (Phi) is 2.83. The average Bonchev–Trinajstić information content (AvgIpc) is 2.83. The molecule has 0 aliphatic rings. The number of nitrogens with one attached hydrogen (secondary N) is 2. The Morgan fingerprint density at radius 2 is 2.15 bits per heavy atom. The number of carbonyl (C=O) groups is 1. The summed E-state index contributed by atoms with van der Waals surface area (Å²) < 4.78 is 5.12. The van der Waals surface area contributed by atoms with Crippen molar-refractivity contribution in [3.05, 3.63) is 58.2 Å². The van der Waals surface area contributed by atoms with E-state index in [1.807, 2.05) is 6.07 Å². The highest BCUT2D eigenvalue weighted by Gasteiger charge is 2.15. The molecule has 0 saturated heterocycles. The molecule has 2 N–H and O–H groups in total. The minimum absolute atomic E-state index is 0.0377. The van der Waals surface area contributed by atoms with E-state index in [0.29, 0.717) is 22.4 Å². The summed E-state index contributed by atoms with van der Waals surface area (Å²) in [6, 6.07) is 8.55. The molecule has 0 atom stereocenters. The molecule has 2 heterocycles. The third-order valence-electron chi connectivity index (χ3n) is 2.96. The Morgan fingerprint density at radius 3 is 2.90 bits per heavy atom. The zero-order valence-electron chi connectivity index (χ0n) is 10.6. The molecule has 6 heteroatoms. The van der Waals surface area contributed by atoms with E-state index in [-0.39, 0.29) is 5.56 Å². The third-order valence-corrected chi connectivity index (χ3v) is 2.96. The van der Waals surface area contributed by atoms with E-state index in [2.05, 4.69) is 15.5 Å². The van der Waals surface area contributed by atoms with Gasteiger partial charge in [-0.15, -0.1) is 0 Å². The first-order valence-electron chi connectivity index (χ1n) is 5.99. The number of benzene rings is 1. The van der Waals surface area contributed by atoms with Crippen molar-refractivity contribution in [3.63, 3.8) is 0 Å². The number of H-pyrrole nitrogens is 1. The lowest BCUT2D eigenvalue weighted by Gasteiger charge is -2.03. The van der Waals surface area contributed by atoms with Gasteiger partial charge in [-0.2, -0.15) is 5.10 Å². The van der Waals surface area contributed by atoms with Crippen LogP contribution in [0.1, 0.15) is 16.1 Å². The van der Waals surface area contributed by atoms with Crippen LogP contribution in [-0.2, 0) is 0 Å². The van der Waals surface area contributed by atoms with E-state index in [1.54, 1.807) is 25.1 Å². The fourth-order valence-electron chi connectivity index (χ4n) is 1.89. The lowest BCUT2D eigenvalue weighted by molar-refractivity contribution is 0.102. The van der Waals surface area contributed by atoms with Gasteiger partial charge in [0.15, 0.2) is 0 Å². The van der Waals surface area contributed by atoms with Gasteiger partial charge in [-0.25, -0.2) is 4.79 Å². The van der Waals surface area contributed by atoms with Crippen LogP contribution in [0.4, 0.5) is 5.69 Å². The van der Waals surface area contributed by atoms with Crippen molar-refractivity contribution in [2.75, 3.05) is 5.32 Å². The SMILES string of the molecule is Cc1[nH]ncc1NC(=O)c1cc2ccccc2oc1=O. The highest BCUT2D eigenvalue weighted by Crippen LogP contribution is 2.15. The topological polar surface area (TPSA) is 88.0 Å². The molecule has 0 saturated carbocycles. The largest absolute Gasteiger partial charge is 0.422 e. The Hall–Kier alpha value is -2.89. The van der Waals surface area contributed by atoms with Crippen LogP contribution in [-0.4, -0.2) is 16.1 Å². The molecule has 0 spiro atoms. The van der Waals surface area contributed by atoms with Crippen molar-refractivity contribution in [3.8, 4) is 0 Å². The number of hydrogen-bond donors (Lipinski definition) is 2. The molecule has 0 aliphatic heterocycles. The number of aryl methyl sites for hydroxylation is 1. The molecule has 3 rings (SSSR count). The Labute approximate surface area is 113 Å². The number of carbonyl (C=O) groups excluding carboxylic acids is 1. The van der Waals surface area contributed by atoms with Crippen LogP contribution >= 0.6 is 0 Å². The quantitative estimate of drug-likeness (QED) is 0.697. The number of aromatic nitrogens is 2. The maximum atomic E-state index is 12.1. The Morgan fingerprint density at radius 1 is 1.35 bits per heavy atom. The van der Waals surface area contributed by atoms with Crippen molar-refractivity contribution >= 4 is 22.6 Å². The molecule has 2 aromatic heterocycles. The molecule has 1 amide bonds. The molecule has 0 fully saturated rings. The zero-order valence-corrected chi connectivity index (χ0v) is 10.6. The molecule has 6 nitrogen and oxygen atoms in total. The second kappa shape index (κ2) is 4.65. The van der Waals surface area contributed by atoms with Crippen LogP contribution in [0.2, 0.25) is 0 Å². The van der Waals surface area contributed by atoms with Gasteiger partial charge in [0, 0.05) is 5.39 Å². The van der Waals surface area contributed by atoms with Gasteiger partial charge in [-0.3, -0.25) is 9.89 Å². The normalized spacial score (nSPS) is 10.7. The lowest BCUT2D eigenvalue weighted by atomic mass is 10.2. The molecule has 0 unspecified atom stereocenters. The van der Waals surface area contributed by atoms with Crippen LogP contribution in [0.25, 0.3) is 11.0 Å². The van der Waals surface area contributed by atoms with Crippen molar-refractivity contribution < 1.29 is 9.21 Å². The van der Waals surface area contributed by atoms with Gasteiger partial charge in [-0.05, 0) is 19.1 Å². The van der Waals surface area contributed by atoms with Crippen LogP contribution in [0, 0.1) is 6.92 Å². The van der Waals surface area contributed by atoms with E-state index in [4.69, 9.17) is 4.42 Å². The molecule has 100 valence electrons. The summed E-state index contributed by atoms with van der Waals surface area (Å²) >= 11 is 0. The minimum atomic E-state index is -0.664. The van der Waals surface area contributed by atoms with Gasteiger partial charge in [0.05, 0.1) is 17.6 Å². The van der Waals surface area contributed by atoms with Crippen molar-refractivity contribution in [1.82, 2.24) is 10.2 Å². The van der Waals surface area contributed by atoms with Gasteiger partial charge in [0.25, 0.3) is 5.91 Å². The van der Waals surface area contributed by atoms with E-state index < -0.39 is 11.5 Å². The molecule has 0 radical (unpaired) electrons. The first-order chi connectivity index (χ1) is 9.65. The molecular formula is C14H11N3O3. The van der Waals surface area contributed by atoms with Crippen molar-refractivity contribution in [2.45, 2.75) is 6.92 Å². The molecule has 1 aromatic carbocycles. The molecule has 20 heavy (non-hydrogen) atoms. The van der Waals surface area contributed by atoms with Gasteiger partial charge < -0.3 is 9.73 Å². The van der Waals surface area contributed by atoms with Crippen LogP contribution in [0.3, 0.4) is 0 Å². The zero-order chi connectivity index (χ0) is 14.1. The Bertz CT molecular complexity index is 848. The predicted octanol–water partition coefficient (Wildman–Crippen LogP) is 2.08. The first-order valence-corrected chi connectivity index (χ1v) is 5.99. The van der Waals surface area contributed by atoms with Gasteiger partial charge in [0.2, 0.25) is 0 Å². The second-order valence-corrected chi connectivity index (χ2v) is 4.35.